The number of likely N-dealkylation sites (N-methyl/N-ethyl adjacent to an activating group) is 1. The number of hydrogen-bond acceptors (Lipinski definition) is 4. The predicted octanol–water partition coefficient (Wildman–Crippen LogP) is 1.83. The van der Waals surface area contributed by atoms with Crippen molar-refractivity contribution in [2.75, 3.05) is 18.5 Å². The highest BCUT2D eigenvalue weighted by Crippen LogP contribution is 2.33. The molecule has 2 amide bonds. The van der Waals surface area contributed by atoms with E-state index in [4.69, 9.17) is 9.15 Å². The third-order valence-corrected chi connectivity index (χ3v) is 3.51. The Labute approximate surface area is 133 Å². The summed E-state index contributed by atoms with van der Waals surface area (Å²) in [5.41, 5.74) is 0.641. The third kappa shape index (κ3) is 3.11. The van der Waals surface area contributed by atoms with Crippen LogP contribution >= 0.6 is 0 Å². The molecule has 0 fully saturated rings. The van der Waals surface area contributed by atoms with Gasteiger partial charge in [0.15, 0.2) is 6.10 Å². The summed E-state index contributed by atoms with van der Waals surface area (Å²) in [6.07, 6.45) is 3.81. The van der Waals surface area contributed by atoms with Gasteiger partial charge < -0.3 is 19.4 Å². The maximum Gasteiger partial charge on any atom is 0.262 e. The molecule has 2 heterocycles. The molecular formula is C17H16N2O4. The predicted molar refractivity (Wildman–Crippen MR) is 85.0 cm³/mol. The fourth-order valence-electron chi connectivity index (χ4n) is 2.37. The lowest BCUT2D eigenvalue weighted by Crippen LogP contribution is -2.49. The molecule has 0 saturated carbocycles. The third-order valence-electron chi connectivity index (χ3n) is 3.51. The van der Waals surface area contributed by atoms with E-state index in [1.54, 1.807) is 36.4 Å². The molecule has 0 spiro atoms. The van der Waals surface area contributed by atoms with Gasteiger partial charge in [-0.1, -0.05) is 12.1 Å². The summed E-state index contributed by atoms with van der Waals surface area (Å²) in [6, 6.07) is 10.6. The molecule has 1 N–H and O–H groups in total. The molecule has 1 aliphatic heterocycles. The van der Waals surface area contributed by atoms with Crippen LogP contribution in [0.1, 0.15) is 5.76 Å². The van der Waals surface area contributed by atoms with Gasteiger partial charge in [0, 0.05) is 13.1 Å². The van der Waals surface area contributed by atoms with E-state index < -0.39 is 6.10 Å². The van der Waals surface area contributed by atoms with Gasteiger partial charge in [-0.2, -0.15) is 0 Å². The van der Waals surface area contributed by atoms with Crippen LogP contribution in [-0.2, 0) is 9.59 Å². The largest absolute Gasteiger partial charge is 0.477 e. The lowest BCUT2D eigenvalue weighted by molar-refractivity contribution is -0.127. The zero-order valence-electron chi connectivity index (χ0n) is 12.6. The van der Waals surface area contributed by atoms with E-state index in [1.165, 1.54) is 24.3 Å². The zero-order chi connectivity index (χ0) is 16.2. The van der Waals surface area contributed by atoms with Crippen LogP contribution in [0.5, 0.6) is 5.75 Å². The average molecular weight is 312 g/mol. The van der Waals surface area contributed by atoms with Crippen molar-refractivity contribution in [2.24, 2.45) is 0 Å². The fraction of sp³-hybridized carbons (Fsp3) is 0.176. The summed E-state index contributed by atoms with van der Waals surface area (Å²) in [4.78, 5) is 25.9. The molecule has 2 aromatic rings. The number of nitrogens with zero attached hydrogens (tertiary/aromatic N) is 1. The lowest BCUT2D eigenvalue weighted by atomic mass is 10.1. The van der Waals surface area contributed by atoms with Crippen LogP contribution < -0.4 is 15.0 Å². The van der Waals surface area contributed by atoms with Crippen molar-refractivity contribution in [3.8, 4) is 5.75 Å². The van der Waals surface area contributed by atoms with Gasteiger partial charge in [0.2, 0.25) is 0 Å². The zero-order valence-corrected chi connectivity index (χ0v) is 12.6. The summed E-state index contributed by atoms with van der Waals surface area (Å²) >= 11 is 0. The molecule has 23 heavy (non-hydrogen) atoms. The molecule has 1 unspecified atom stereocenters. The van der Waals surface area contributed by atoms with E-state index in [9.17, 15) is 9.59 Å². The van der Waals surface area contributed by atoms with Gasteiger partial charge >= 0.3 is 0 Å². The molecule has 0 saturated heterocycles. The second-order valence-corrected chi connectivity index (χ2v) is 4.99. The Hall–Kier alpha value is -3.02. The first-order valence-electron chi connectivity index (χ1n) is 7.19. The lowest BCUT2D eigenvalue weighted by Gasteiger charge is -2.33. The number of fused-ring (bicyclic) bond motifs is 1. The maximum atomic E-state index is 12.5. The van der Waals surface area contributed by atoms with E-state index in [0.29, 0.717) is 17.2 Å². The number of furan rings is 1. The first-order valence-corrected chi connectivity index (χ1v) is 7.19. The standard InChI is InChI=1S/C17H16N2O4/c1-18-17(21)15-11-19(13-6-2-3-7-14(13)23-15)16(20)9-8-12-5-4-10-22-12/h2-10,15H,11H2,1H3,(H,18,21)/b9-8+. The molecule has 3 rings (SSSR count). The molecule has 1 atom stereocenters. The van der Waals surface area contributed by atoms with Crippen molar-refractivity contribution in [3.05, 3.63) is 54.5 Å². The van der Waals surface area contributed by atoms with E-state index in [2.05, 4.69) is 5.32 Å². The average Bonchev–Trinajstić information content (AvgIpc) is 3.11. The number of nitrogens with one attached hydrogen (secondary N) is 1. The number of rotatable bonds is 3. The number of benzene rings is 1. The molecule has 6 nitrogen and oxygen atoms in total. The highest BCUT2D eigenvalue weighted by molar-refractivity contribution is 6.05. The van der Waals surface area contributed by atoms with Crippen LogP contribution in [-0.4, -0.2) is 31.5 Å². The minimum Gasteiger partial charge on any atom is -0.477 e. The van der Waals surface area contributed by atoms with Crippen molar-refractivity contribution in [1.29, 1.82) is 0 Å². The minimum absolute atomic E-state index is 0.151. The van der Waals surface area contributed by atoms with E-state index in [1.807, 2.05) is 6.07 Å². The maximum absolute atomic E-state index is 12.5. The number of carbonyl (C=O) groups is 2. The van der Waals surface area contributed by atoms with Crippen molar-refractivity contribution in [3.63, 3.8) is 0 Å². The second-order valence-electron chi connectivity index (χ2n) is 4.99. The first-order chi connectivity index (χ1) is 11.2. The molecule has 1 aromatic carbocycles. The summed E-state index contributed by atoms with van der Waals surface area (Å²) < 4.78 is 10.8. The first kappa shape index (κ1) is 14.9. The Morgan fingerprint density at radius 2 is 2.09 bits per heavy atom. The molecule has 1 aromatic heterocycles. The number of para-hydroxylation sites is 2. The highest BCUT2D eigenvalue weighted by atomic mass is 16.5. The molecule has 118 valence electrons. The van der Waals surface area contributed by atoms with E-state index in [-0.39, 0.29) is 18.4 Å². The van der Waals surface area contributed by atoms with Gasteiger partial charge in [-0.05, 0) is 30.3 Å². The normalized spacial score (nSPS) is 16.7. The Balaban J connectivity index is 1.87. The van der Waals surface area contributed by atoms with Crippen LogP contribution in [0, 0.1) is 0 Å². The highest BCUT2D eigenvalue weighted by Gasteiger charge is 2.32. The van der Waals surface area contributed by atoms with Gasteiger partial charge in [-0.3, -0.25) is 9.59 Å². The van der Waals surface area contributed by atoms with Crippen LogP contribution in [0.2, 0.25) is 0 Å². The van der Waals surface area contributed by atoms with Gasteiger partial charge in [0.25, 0.3) is 11.8 Å². The van der Waals surface area contributed by atoms with Gasteiger partial charge in [-0.25, -0.2) is 0 Å². The van der Waals surface area contributed by atoms with Crippen molar-refractivity contribution in [2.45, 2.75) is 6.10 Å². The molecule has 0 radical (unpaired) electrons. The molecular weight excluding hydrogens is 296 g/mol. The molecule has 0 aliphatic carbocycles. The van der Waals surface area contributed by atoms with Crippen molar-refractivity contribution in [1.82, 2.24) is 5.32 Å². The van der Waals surface area contributed by atoms with Crippen LogP contribution in [0.3, 0.4) is 0 Å². The SMILES string of the molecule is CNC(=O)C1CN(C(=O)/C=C/c2ccco2)c2ccccc2O1. The monoisotopic (exact) mass is 312 g/mol. The van der Waals surface area contributed by atoms with Crippen LogP contribution in [0.25, 0.3) is 6.08 Å². The molecule has 0 bridgehead atoms. The molecule has 1 aliphatic rings. The molecule has 6 heteroatoms. The van der Waals surface area contributed by atoms with Gasteiger partial charge in [0.05, 0.1) is 18.5 Å². The smallest absolute Gasteiger partial charge is 0.262 e. The Kier molecular flexibility index (Phi) is 4.14. The fourth-order valence-corrected chi connectivity index (χ4v) is 2.37. The summed E-state index contributed by atoms with van der Waals surface area (Å²) in [5, 5.41) is 2.54. The Morgan fingerprint density at radius 3 is 2.83 bits per heavy atom. The summed E-state index contributed by atoms with van der Waals surface area (Å²) in [6.45, 7) is 0.151. The second kappa shape index (κ2) is 6.39. The number of anilines is 1. The topological polar surface area (TPSA) is 71.8 Å². The minimum atomic E-state index is -0.740. The van der Waals surface area contributed by atoms with Crippen molar-refractivity contribution >= 4 is 23.6 Å². The van der Waals surface area contributed by atoms with Gasteiger partial charge in [-0.15, -0.1) is 0 Å². The summed E-state index contributed by atoms with van der Waals surface area (Å²) in [5.74, 6) is 0.577. The Morgan fingerprint density at radius 1 is 1.26 bits per heavy atom. The van der Waals surface area contributed by atoms with Gasteiger partial charge in [0.1, 0.15) is 11.5 Å². The van der Waals surface area contributed by atoms with E-state index in [0.717, 1.165) is 0 Å². The number of hydrogen-bond donors (Lipinski definition) is 1. The van der Waals surface area contributed by atoms with Crippen LogP contribution in [0.15, 0.2) is 53.2 Å². The van der Waals surface area contributed by atoms with E-state index >= 15 is 0 Å². The number of carbonyl (C=O) groups excluding carboxylic acids is 2. The van der Waals surface area contributed by atoms with Crippen molar-refractivity contribution < 1.29 is 18.7 Å². The quantitative estimate of drug-likeness (QED) is 0.878. The number of amides is 2. The number of ether oxygens (including phenoxy) is 1. The van der Waals surface area contributed by atoms with Crippen LogP contribution in [0.4, 0.5) is 5.69 Å². The Bertz CT molecular complexity index is 737. The summed E-state index contributed by atoms with van der Waals surface area (Å²) in [7, 11) is 1.54.